The highest BCUT2D eigenvalue weighted by atomic mass is 32.1. The van der Waals surface area contributed by atoms with Crippen LogP contribution in [0.15, 0.2) is 174 Å². The zero-order valence-corrected chi connectivity index (χ0v) is 26.3. The molecule has 7 aromatic carbocycles. The zero-order valence-electron chi connectivity index (χ0n) is 25.5. The van der Waals surface area contributed by atoms with Gasteiger partial charge in [0.25, 0.3) is 0 Å². The van der Waals surface area contributed by atoms with Crippen LogP contribution >= 0.6 is 11.3 Å². The maximum atomic E-state index is 5.21. The summed E-state index contributed by atoms with van der Waals surface area (Å²) in [5, 5.41) is 8.66. The second-order valence-corrected chi connectivity index (χ2v) is 12.8. The van der Waals surface area contributed by atoms with E-state index in [4.69, 9.17) is 9.98 Å². The Morgan fingerprint density at radius 2 is 1.15 bits per heavy atom. The number of nitrogens with zero attached hydrogens (tertiary/aromatic N) is 2. The summed E-state index contributed by atoms with van der Waals surface area (Å²) in [6.45, 7) is 0. The number of thiophene rings is 1. The molecule has 0 saturated carbocycles. The van der Waals surface area contributed by atoms with Gasteiger partial charge in [-0.15, -0.1) is 11.3 Å². The van der Waals surface area contributed by atoms with E-state index in [2.05, 4.69) is 145 Å². The maximum absolute atomic E-state index is 5.21. The van der Waals surface area contributed by atoms with Gasteiger partial charge in [0.05, 0.1) is 0 Å². The van der Waals surface area contributed by atoms with E-state index in [9.17, 15) is 0 Å². The normalized spacial score (nSPS) is 14.6. The van der Waals surface area contributed by atoms with Crippen LogP contribution in [0.5, 0.6) is 0 Å². The molecule has 4 heteroatoms. The maximum Gasteiger partial charge on any atom is 0.159 e. The van der Waals surface area contributed by atoms with Crippen molar-refractivity contribution < 1.29 is 0 Å². The fourth-order valence-electron chi connectivity index (χ4n) is 6.64. The predicted octanol–water partition coefficient (Wildman–Crippen LogP) is 11.0. The van der Waals surface area contributed by atoms with Crippen molar-refractivity contribution in [3.05, 3.63) is 180 Å². The lowest BCUT2D eigenvalue weighted by Gasteiger charge is -2.24. The highest BCUT2D eigenvalue weighted by Crippen LogP contribution is 2.46. The SMILES string of the molecule is c1ccc(C2=NC(c3ccccc3)NC(c3ccc(-c4ccccc4)c4sc5c(-c6ccc7ccccc7c6)cccc5c34)=N2)cc1. The smallest absolute Gasteiger partial charge is 0.159 e. The van der Waals surface area contributed by atoms with Crippen LogP contribution in [0.1, 0.15) is 22.9 Å². The highest BCUT2D eigenvalue weighted by molar-refractivity contribution is 7.27. The summed E-state index contributed by atoms with van der Waals surface area (Å²) >= 11 is 1.87. The molecule has 1 atom stereocenters. The average Bonchev–Trinajstić information content (AvgIpc) is 3.55. The van der Waals surface area contributed by atoms with Crippen LogP contribution in [0, 0.1) is 0 Å². The summed E-state index contributed by atoms with van der Waals surface area (Å²) in [5.41, 5.74) is 8.06. The van der Waals surface area contributed by atoms with Crippen LogP contribution in [-0.4, -0.2) is 11.7 Å². The van der Waals surface area contributed by atoms with Gasteiger partial charge in [0.1, 0.15) is 12.0 Å². The van der Waals surface area contributed by atoms with Crippen LogP contribution in [0.25, 0.3) is 53.2 Å². The first-order chi connectivity index (χ1) is 23.3. The first-order valence-electron chi connectivity index (χ1n) is 15.9. The van der Waals surface area contributed by atoms with E-state index >= 15 is 0 Å². The number of amidine groups is 2. The Hall–Kier alpha value is -5.84. The number of fused-ring (bicyclic) bond motifs is 4. The Bertz CT molecular complexity index is 2480. The summed E-state index contributed by atoms with van der Waals surface area (Å²) in [5.74, 6) is 1.55. The van der Waals surface area contributed by atoms with Crippen molar-refractivity contribution >= 4 is 54.0 Å². The topological polar surface area (TPSA) is 36.8 Å². The van der Waals surface area contributed by atoms with Crippen LogP contribution in [0.2, 0.25) is 0 Å². The number of hydrogen-bond donors (Lipinski definition) is 1. The molecule has 1 unspecified atom stereocenters. The summed E-state index contributed by atoms with van der Waals surface area (Å²) in [6.07, 6.45) is -0.263. The molecule has 1 aliphatic heterocycles. The van der Waals surface area contributed by atoms with Crippen molar-refractivity contribution in [2.45, 2.75) is 6.17 Å². The molecule has 0 aliphatic carbocycles. The Labute approximate surface area is 277 Å². The molecule has 0 bridgehead atoms. The molecule has 9 rings (SSSR count). The van der Waals surface area contributed by atoms with Crippen molar-refractivity contribution in [3.8, 4) is 22.3 Å². The van der Waals surface area contributed by atoms with Gasteiger partial charge in [-0.05, 0) is 50.7 Å². The van der Waals surface area contributed by atoms with E-state index < -0.39 is 0 Å². The molecule has 1 N–H and O–H groups in total. The molecule has 8 aromatic rings. The van der Waals surface area contributed by atoms with Gasteiger partial charge in [-0.3, -0.25) is 0 Å². The summed E-state index contributed by atoms with van der Waals surface area (Å²) in [7, 11) is 0. The summed E-state index contributed by atoms with van der Waals surface area (Å²) < 4.78 is 2.52. The molecule has 0 radical (unpaired) electrons. The second-order valence-electron chi connectivity index (χ2n) is 11.8. The summed E-state index contributed by atoms with van der Waals surface area (Å²) in [4.78, 5) is 10.3. The van der Waals surface area contributed by atoms with E-state index in [-0.39, 0.29) is 6.17 Å². The van der Waals surface area contributed by atoms with Crippen LogP contribution in [0.3, 0.4) is 0 Å². The molecular weight excluding hydrogens is 591 g/mol. The number of hydrogen-bond acceptors (Lipinski definition) is 4. The van der Waals surface area contributed by atoms with E-state index in [1.807, 2.05) is 35.6 Å². The molecule has 47 heavy (non-hydrogen) atoms. The van der Waals surface area contributed by atoms with Crippen LogP contribution in [-0.2, 0) is 0 Å². The first kappa shape index (κ1) is 27.5. The standard InChI is InChI=1S/C43H29N3S/c1-4-14-29(15-5-1)35-25-26-37(43-45-41(30-16-6-2-7-17-30)44-42(46-43)31-18-8-3-9-19-31)38-36-22-12-21-34(39(36)47-40(35)38)33-24-23-28-13-10-11-20-32(28)27-33/h1-27,41H,(H,44,45,46). The van der Waals surface area contributed by atoms with Gasteiger partial charge in [-0.1, -0.05) is 152 Å². The Balaban J connectivity index is 1.30. The monoisotopic (exact) mass is 619 g/mol. The third-order valence-electron chi connectivity index (χ3n) is 8.94. The van der Waals surface area contributed by atoms with Gasteiger partial charge in [-0.25, -0.2) is 9.98 Å². The molecule has 0 spiro atoms. The molecule has 2 heterocycles. The zero-order chi connectivity index (χ0) is 31.2. The van der Waals surface area contributed by atoms with Crippen molar-refractivity contribution in [1.82, 2.24) is 5.32 Å². The van der Waals surface area contributed by atoms with Crippen molar-refractivity contribution in [2.24, 2.45) is 9.98 Å². The minimum absolute atomic E-state index is 0.263. The van der Waals surface area contributed by atoms with Gasteiger partial charge >= 0.3 is 0 Å². The quantitative estimate of drug-likeness (QED) is 0.204. The van der Waals surface area contributed by atoms with Gasteiger partial charge in [0.15, 0.2) is 5.84 Å². The second kappa shape index (κ2) is 11.5. The van der Waals surface area contributed by atoms with Crippen LogP contribution in [0.4, 0.5) is 0 Å². The lowest BCUT2D eigenvalue weighted by Crippen LogP contribution is -2.33. The number of benzene rings is 7. The number of aliphatic imine (C=N–C) groups is 2. The molecule has 3 nitrogen and oxygen atoms in total. The molecule has 0 saturated heterocycles. The minimum Gasteiger partial charge on any atom is -0.344 e. The Morgan fingerprint density at radius 3 is 1.94 bits per heavy atom. The Kier molecular flexibility index (Phi) is 6.72. The van der Waals surface area contributed by atoms with Gasteiger partial charge < -0.3 is 5.32 Å². The molecule has 1 aliphatic rings. The molecule has 0 amide bonds. The lowest BCUT2D eigenvalue weighted by molar-refractivity contribution is 0.674. The molecule has 1 aromatic heterocycles. The minimum atomic E-state index is -0.263. The Morgan fingerprint density at radius 1 is 0.489 bits per heavy atom. The highest BCUT2D eigenvalue weighted by Gasteiger charge is 2.25. The third kappa shape index (κ3) is 4.91. The lowest BCUT2D eigenvalue weighted by atomic mass is 9.95. The average molecular weight is 620 g/mol. The summed E-state index contributed by atoms with van der Waals surface area (Å²) in [6, 6.07) is 58.0. The fourth-order valence-corrected chi connectivity index (χ4v) is 8.03. The predicted molar refractivity (Wildman–Crippen MR) is 200 cm³/mol. The van der Waals surface area contributed by atoms with Crippen molar-refractivity contribution in [1.29, 1.82) is 0 Å². The number of rotatable bonds is 5. The van der Waals surface area contributed by atoms with Gasteiger partial charge in [0, 0.05) is 31.3 Å². The van der Waals surface area contributed by atoms with E-state index in [0.29, 0.717) is 0 Å². The van der Waals surface area contributed by atoms with Gasteiger partial charge in [-0.2, -0.15) is 0 Å². The van der Waals surface area contributed by atoms with Crippen molar-refractivity contribution in [3.63, 3.8) is 0 Å². The van der Waals surface area contributed by atoms with Crippen molar-refractivity contribution in [2.75, 3.05) is 0 Å². The van der Waals surface area contributed by atoms with Crippen LogP contribution < -0.4 is 5.32 Å². The van der Waals surface area contributed by atoms with E-state index in [0.717, 1.165) is 28.4 Å². The fraction of sp³-hybridized carbons (Fsp3) is 0.0233. The van der Waals surface area contributed by atoms with Gasteiger partial charge in [0.2, 0.25) is 0 Å². The van der Waals surface area contributed by atoms with E-state index in [1.165, 1.54) is 53.2 Å². The molecular formula is C43H29N3S. The first-order valence-corrected chi connectivity index (χ1v) is 16.7. The third-order valence-corrected chi connectivity index (χ3v) is 10.2. The molecule has 0 fully saturated rings. The number of nitrogens with one attached hydrogen (secondary N) is 1. The largest absolute Gasteiger partial charge is 0.344 e. The van der Waals surface area contributed by atoms with E-state index in [1.54, 1.807) is 0 Å². The molecule has 222 valence electrons.